The van der Waals surface area contributed by atoms with Crippen LogP contribution in [0.1, 0.15) is 46.2 Å². The number of nitrogens with two attached hydrogens (primary N) is 1. The topological polar surface area (TPSA) is 29.3 Å². The summed E-state index contributed by atoms with van der Waals surface area (Å²) in [6.45, 7) is 13.4. The highest BCUT2D eigenvalue weighted by Gasteiger charge is 2.25. The lowest BCUT2D eigenvalue weighted by atomic mass is 9.97. The van der Waals surface area contributed by atoms with Crippen LogP contribution < -0.4 is 5.73 Å². The van der Waals surface area contributed by atoms with Gasteiger partial charge >= 0.3 is 0 Å². The minimum absolute atomic E-state index is 0.119. The number of halogens is 1. The minimum atomic E-state index is 0.119. The van der Waals surface area contributed by atoms with Crippen molar-refractivity contribution in [3.63, 3.8) is 0 Å². The maximum absolute atomic E-state index is 6.31. The molecule has 0 fully saturated rings. The van der Waals surface area contributed by atoms with E-state index in [0.29, 0.717) is 11.8 Å². The molecule has 20 heavy (non-hydrogen) atoms. The average molecular weight is 341 g/mol. The molecule has 1 aromatic rings. The molecule has 2 unspecified atom stereocenters. The highest BCUT2D eigenvalue weighted by Crippen LogP contribution is 2.27. The fourth-order valence-corrected chi connectivity index (χ4v) is 3.01. The summed E-state index contributed by atoms with van der Waals surface area (Å²) in [7, 11) is 0. The second-order valence-corrected chi connectivity index (χ2v) is 7.51. The fourth-order valence-electron chi connectivity index (χ4n) is 2.75. The Bertz CT molecular complexity index is 374. The predicted octanol–water partition coefficient (Wildman–Crippen LogP) is 4.45. The maximum Gasteiger partial charge on any atom is 0.0496 e. The lowest BCUT2D eigenvalue weighted by Crippen LogP contribution is -2.43. The standard InChI is InChI=1S/C17H29BrN2/c1-12(2)10-20(11-13(3)4)17(14(5)19)15-6-8-16(18)9-7-15/h6-9,12-14,17H,10-11,19H2,1-5H3. The highest BCUT2D eigenvalue weighted by molar-refractivity contribution is 9.10. The Balaban J connectivity index is 3.03. The zero-order valence-corrected chi connectivity index (χ0v) is 15.0. The molecule has 114 valence electrons. The Kier molecular flexibility index (Phi) is 7.21. The lowest BCUT2D eigenvalue weighted by Gasteiger charge is -2.37. The van der Waals surface area contributed by atoms with Crippen LogP contribution in [0.25, 0.3) is 0 Å². The van der Waals surface area contributed by atoms with Crippen LogP contribution in [0, 0.1) is 11.8 Å². The van der Waals surface area contributed by atoms with Crippen LogP contribution in [0.3, 0.4) is 0 Å². The van der Waals surface area contributed by atoms with Crippen molar-refractivity contribution >= 4 is 15.9 Å². The van der Waals surface area contributed by atoms with Gasteiger partial charge in [0.1, 0.15) is 0 Å². The molecule has 0 aliphatic heterocycles. The van der Waals surface area contributed by atoms with Gasteiger partial charge in [0.15, 0.2) is 0 Å². The summed E-state index contributed by atoms with van der Waals surface area (Å²) >= 11 is 3.50. The molecular formula is C17H29BrN2. The third-order valence-electron chi connectivity index (χ3n) is 3.30. The second kappa shape index (κ2) is 8.16. The van der Waals surface area contributed by atoms with E-state index < -0.39 is 0 Å². The minimum Gasteiger partial charge on any atom is -0.326 e. The second-order valence-electron chi connectivity index (χ2n) is 6.60. The Morgan fingerprint density at radius 1 is 0.950 bits per heavy atom. The van der Waals surface area contributed by atoms with Gasteiger partial charge < -0.3 is 5.73 Å². The number of rotatable bonds is 7. The van der Waals surface area contributed by atoms with Crippen molar-refractivity contribution < 1.29 is 0 Å². The third kappa shape index (κ3) is 5.55. The first-order valence-electron chi connectivity index (χ1n) is 7.56. The van der Waals surface area contributed by atoms with Crippen LogP contribution in [0.15, 0.2) is 28.7 Å². The molecule has 0 aliphatic rings. The number of benzene rings is 1. The van der Waals surface area contributed by atoms with Crippen molar-refractivity contribution in [2.24, 2.45) is 17.6 Å². The van der Waals surface area contributed by atoms with E-state index in [9.17, 15) is 0 Å². The van der Waals surface area contributed by atoms with E-state index >= 15 is 0 Å². The molecule has 1 rings (SSSR count). The molecule has 0 bridgehead atoms. The molecule has 0 heterocycles. The molecule has 1 aromatic carbocycles. The van der Waals surface area contributed by atoms with Crippen molar-refractivity contribution in [3.05, 3.63) is 34.3 Å². The molecule has 0 aromatic heterocycles. The van der Waals surface area contributed by atoms with Gasteiger partial charge in [-0.15, -0.1) is 0 Å². The van der Waals surface area contributed by atoms with Gasteiger partial charge in [-0.1, -0.05) is 55.8 Å². The van der Waals surface area contributed by atoms with Gasteiger partial charge in [-0.05, 0) is 36.5 Å². The molecule has 0 saturated heterocycles. The largest absolute Gasteiger partial charge is 0.326 e. The van der Waals surface area contributed by atoms with E-state index in [2.05, 4.69) is 79.7 Å². The Morgan fingerprint density at radius 3 is 1.75 bits per heavy atom. The normalized spacial score (nSPS) is 15.1. The van der Waals surface area contributed by atoms with Gasteiger partial charge in [0.05, 0.1) is 0 Å². The maximum atomic E-state index is 6.31. The van der Waals surface area contributed by atoms with E-state index in [4.69, 9.17) is 5.73 Å². The molecule has 2 atom stereocenters. The summed E-state index contributed by atoms with van der Waals surface area (Å²) in [6.07, 6.45) is 0. The molecule has 0 amide bonds. The first kappa shape index (κ1) is 17.7. The van der Waals surface area contributed by atoms with Crippen LogP contribution in [0.5, 0.6) is 0 Å². The first-order chi connectivity index (χ1) is 9.31. The van der Waals surface area contributed by atoms with Crippen LogP contribution >= 0.6 is 15.9 Å². The lowest BCUT2D eigenvalue weighted by molar-refractivity contribution is 0.140. The van der Waals surface area contributed by atoms with Gasteiger partial charge in [0, 0.05) is 29.6 Å². The Labute approximate surface area is 132 Å². The highest BCUT2D eigenvalue weighted by atomic mass is 79.9. The first-order valence-corrected chi connectivity index (χ1v) is 8.35. The number of nitrogens with zero attached hydrogens (tertiary/aromatic N) is 1. The SMILES string of the molecule is CC(C)CN(CC(C)C)C(c1ccc(Br)cc1)C(C)N. The molecule has 0 aliphatic carbocycles. The summed E-state index contributed by atoms with van der Waals surface area (Å²) in [6, 6.07) is 8.99. The summed E-state index contributed by atoms with van der Waals surface area (Å²) in [4.78, 5) is 2.54. The summed E-state index contributed by atoms with van der Waals surface area (Å²) in [5, 5.41) is 0. The van der Waals surface area contributed by atoms with Crippen molar-refractivity contribution in [3.8, 4) is 0 Å². The van der Waals surface area contributed by atoms with Crippen LogP contribution in [-0.2, 0) is 0 Å². The molecule has 2 N–H and O–H groups in total. The van der Waals surface area contributed by atoms with E-state index in [1.54, 1.807) is 0 Å². The Morgan fingerprint density at radius 2 is 1.40 bits per heavy atom. The monoisotopic (exact) mass is 340 g/mol. The Hall–Kier alpha value is -0.380. The van der Waals surface area contributed by atoms with E-state index in [1.807, 2.05) is 0 Å². The van der Waals surface area contributed by atoms with Crippen molar-refractivity contribution in [2.75, 3.05) is 13.1 Å². The van der Waals surface area contributed by atoms with Crippen molar-refractivity contribution in [1.82, 2.24) is 4.90 Å². The number of hydrogen-bond acceptors (Lipinski definition) is 2. The average Bonchev–Trinajstić information content (AvgIpc) is 2.29. The molecule has 0 saturated carbocycles. The van der Waals surface area contributed by atoms with E-state index in [0.717, 1.165) is 17.6 Å². The summed E-state index contributed by atoms with van der Waals surface area (Å²) in [5.41, 5.74) is 7.62. The van der Waals surface area contributed by atoms with Crippen molar-refractivity contribution in [1.29, 1.82) is 0 Å². The van der Waals surface area contributed by atoms with Gasteiger partial charge in [-0.3, -0.25) is 4.90 Å². The molecule has 0 spiro atoms. The smallest absolute Gasteiger partial charge is 0.0496 e. The van der Waals surface area contributed by atoms with E-state index in [-0.39, 0.29) is 12.1 Å². The molecular weight excluding hydrogens is 312 g/mol. The quantitative estimate of drug-likeness (QED) is 0.794. The van der Waals surface area contributed by atoms with Crippen LogP contribution in [0.2, 0.25) is 0 Å². The zero-order valence-electron chi connectivity index (χ0n) is 13.4. The van der Waals surface area contributed by atoms with Gasteiger partial charge in [0.25, 0.3) is 0 Å². The fraction of sp³-hybridized carbons (Fsp3) is 0.647. The molecule has 3 heteroatoms. The predicted molar refractivity (Wildman–Crippen MR) is 91.8 cm³/mol. The van der Waals surface area contributed by atoms with Crippen LogP contribution in [0.4, 0.5) is 0 Å². The van der Waals surface area contributed by atoms with Crippen molar-refractivity contribution in [2.45, 2.75) is 46.7 Å². The van der Waals surface area contributed by atoms with Gasteiger partial charge in [-0.25, -0.2) is 0 Å². The van der Waals surface area contributed by atoms with E-state index in [1.165, 1.54) is 5.56 Å². The van der Waals surface area contributed by atoms with Gasteiger partial charge in [-0.2, -0.15) is 0 Å². The number of hydrogen-bond donors (Lipinski definition) is 1. The van der Waals surface area contributed by atoms with Gasteiger partial charge in [0.2, 0.25) is 0 Å². The zero-order chi connectivity index (χ0) is 15.3. The third-order valence-corrected chi connectivity index (χ3v) is 3.83. The van der Waals surface area contributed by atoms with Crippen LogP contribution in [-0.4, -0.2) is 24.0 Å². The summed E-state index contributed by atoms with van der Waals surface area (Å²) < 4.78 is 1.11. The molecule has 0 radical (unpaired) electrons. The summed E-state index contributed by atoms with van der Waals surface area (Å²) in [5.74, 6) is 1.29. The molecule has 2 nitrogen and oxygen atoms in total.